The number of rotatable bonds is 8. The average molecular weight is 409 g/mol. The van der Waals surface area contributed by atoms with Gasteiger partial charge in [-0.3, -0.25) is 4.79 Å². The zero-order chi connectivity index (χ0) is 21.5. The van der Waals surface area contributed by atoms with E-state index in [1.165, 1.54) is 13.2 Å². The van der Waals surface area contributed by atoms with Crippen molar-refractivity contribution in [3.05, 3.63) is 64.7 Å². The monoisotopic (exact) mass is 409 g/mol. The summed E-state index contributed by atoms with van der Waals surface area (Å²) in [6.45, 7) is 5.01. The van der Waals surface area contributed by atoms with Gasteiger partial charge in [0, 0.05) is 30.2 Å². The van der Waals surface area contributed by atoms with Gasteiger partial charge in [-0.25, -0.2) is 4.79 Å². The molecule has 0 saturated carbocycles. The third kappa shape index (κ3) is 5.41. The van der Waals surface area contributed by atoms with Crippen molar-refractivity contribution in [1.82, 2.24) is 5.32 Å². The molecule has 1 aliphatic rings. The SMILES string of the molecule is CCOc1cc2c(cc1/C=C/C(=O)NCCc1ccc(C(=O)OC)cc1)OC(C)C2. The fourth-order valence-electron chi connectivity index (χ4n) is 3.35. The standard InChI is InChI=1S/C24H27NO5/c1-4-29-21-15-20-13-16(2)30-22(20)14-19(21)9-10-23(26)25-12-11-17-5-7-18(8-6-17)24(27)28-3/h5-10,14-16H,4,11-13H2,1-3H3,(H,25,26)/b10-9+. The summed E-state index contributed by atoms with van der Waals surface area (Å²) < 4.78 is 16.2. The van der Waals surface area contributed by atoms with E-state index >= 15 is 0 Å². The molecule has 2 aromatic carbocycles. The molecule has 0 bridgehead atoms. The first-order valence-electron chi connectivity index (χ1n) is 10.1. The number of carbonyl (C=O) groups is 2. The summed E-state index contributed by atoms with van der Waals surface area (Å²) in [5, 5.41) is 2.87. The van der Waals surface area contributed by atoms with Gasteiger partial charge in [0.25, 0.3) is 0 Å². The highest BCUT2D eigenvalue weighted by Gasteiger charge is 2.21. The van der Waals surface area contributed by atoms with Crippen LogP contribution in [0.1, 0.15) is 40.9 Å². The van der Waals surface area contributed by atoms with Crippen molar-refractivity contribution in [1.29, 1.82) is 0 Å². The third-order valence-corrected chi connectivity index (χ3v) is 4.83. The summed E-state index contributed by atoms with van der Waals surface area (Å²) in [7, 11) is 1.35. The number of benzene rings is 2. The Kier molecular flexibility index (Phi) is 7.12. The molecule has 6 heteroatoms. The van der Waals surface area contributed by atoms with E-state index < -0.39 is 0 Å². The maximum Gasteiger partial charge on any atom is 0.337 e. The summed E-state index contributed by atoms with van der Waals surface area (Å²) in [6.07, 6.45) is 4.93. The molecule has 1 heterocycles. The largest absolute Gasteiger partial charge is 0.493 e. The number of fused-ring (bicyclic) bond motifs is 1. The van der Waals surface area contributed by atoms with Gasteiger partial charge in [0.05, 0.1) is 19.3 Å². The number of hydrogen-bond acceptors (Lipinski definition) is 5. The molecule has 30 heavy (non-hydrogen) atoms. The van der Waals surface area contributed by atoms with E-state index in [1.54, 1.807) is 18.2 Å². The Bertz CT molecular complexity index is 933. The Balaban J connectivity index is 1.56. The average Bonchev–Trinajstić information content (AvgIpc) is 3.11. The Morgan fingerprint density at radius 1 is 1.23 bits per heavy atom. The lowest BCUT2D eigenvalue weighted by molar-refractivity contribution is -0.116. The van der Waals surface area contributed by atoms with Crippen LogP contribution < -0.4 is 14.8 Å². The molecule has 0 radical (unpaired) electrons. The Morgan fingerprint density at radius 2 is 2.00 bits per heavy atom. The van der Waals surface area contributed by atoms with Crippen molar-refractivity contribution < 1.29 is 23.8 Å². The molecule has 0 aliphatic carbocycles. The molecule has 3 rings (SSSR count). The van der Waals surface area contributed by atoms with Gasteiger partial charge in [-0.15, -0.1) is 0 Å². The Morgan fingerprint density at radius 3 is 2.70 bits per heavy atom. The van der Waals surface area contributed by atoms with Gasteiger partial charge in [-0.1, -0.05) is 12.1 Å². The Hall–Kier alpha value is -3.28. The first kappa shape index (κ1) is 21.4. The number of amides is 1. The van der Waals surface area contributed by atoms with Crippen molar-refractivity contribution in [3.8, 4) is 11.5 Å². The molecule has 1 unspecified atom stereocenters. The van der Waals surface area contributed by atoms with Gasteiger partial charge in [0.2, 0.25) is 5.91 Å². The molecular weight excluding hydrogens is 382 g/mol. The first-order chi connectivity index (χ1) is 14.5. The second-order valence-corrected chi connectivity index (χ2v) is 7.13. The summed E-state index contributed by atoms with van der Waals surface area (Å²) >= 11 is 0. The van der Waals surface area contributed by atoms with Crippen LogP contribution in [0.3, 0.4) is 0 Å². The van der Waals surface area contributed by atoms with E-state index in [4.69, 9.17) is 9.47 Å². The van der Waals surface area contributed by atoms with Gasteiger partial charge in [-0.2, -0.15) is 0 Å². The van der Waals surface area contributed by atoms with Crippen LogP contribution in [-0.4, -0.2) is 38.2 Å². The lowest BCUT2D eigenvalue weighted by Crippen LogP contribution is -2.23. The molecule has 0 aromatic heterocycles. The molecule has 0 fully saturated rings. The Labute approximate surface area is 176 Å². The second-order valence-electron chi connectivity index (χ2n) is 7.13. The van der Waals surface area contributed by atoms with Crippen molar-refractivity contribution in [2.45, 2.75) is 32.8 Å². The number of methoxy groups -OCH3 is 1. The molecule has 6 nitrogen and oxygen atoms in total. The minimum atomic E-state index is -0.363. The molecular formula is C24H27NO5. The van der Waals surface area contributed by atoms with Crippen LogP contribution in [0, 0.1) is 0 Å². The van der Waals surface area contributed by atoms with Crippen LogP contribution in [0.2, 0.25) is 0 Å². The molecule has 2 aromatic rings. The molecule has 0 saturated heterocycles. The van der Waals surface area contributed by atoms with Gasteiger partial charge in [0.1, 0.15) is 17.6 Å². The zero-order valence-electron chi connectivity index (χ0n) is 17.6. The molecule has 1 aliphatic heterocycles. The predicted molar refractivity (Wildman–Crippen MR) is 115 cm³/mol. The number of esters is 1. The highest BCUT2D eigenvalue weighted by atomic mass is 16.5. The maximum absolute atomic E-state index is 12.2. The first-order valence-corrected chi connectivity index (χ1v) is 10.1. The van der Waals surface area contributed by atoms with Gasteiger partial charge >= 0.3 is 5.97 Å². The summed E-state index contributed by atoms with van der Waals surface area (Å²) in [6, 6.07) is 11.1. The fourth-order valence-corrected chi connectivity index (χ4v) is 3.35. The quantitative estimate of drug-likeness (QED) is 0.533. The van der Waals surface area contributed by atoms with E-state index in [1.807, 2.05) is 38.1 Å². The number of carbonyl (C=O) groups excluding carboxylic acids is 2. The number of hydrogen-bond donors (Lipinski definition) is 1. The highest BCUT2D eigenvalue weighted by Crippen LogP contribution is 2.35. The van der Waals surface area contributed by atoms with Crippen LogP contribution in [0.4, 0.5) is 0 Å². The predicted octanol–water partition coefficient (Wildman–Crippen LogP) is 3.57. The van der Waals surface area contributed by atoms with Crippen LogP contribution in [0.5, 0.6) is 11.5 Å². The third-order valence-electron chi connectivity index (χ3n) is 4.83. The van der Waals surface area contributed by atoms with E-state index in [0.29, 0.717) is 25.1 Å². The second kappa shape index (κ2) is 9.96. The van der Waals surface area contributed by atoms with E-state index in [-0.39, 0.29) is 18.0 Å². The van der Waals surface area contributed by atoms with Gasteiger partial charge < -0.3 is 19.5 Å². The minimum absolute atomic E-state index is 0.152. The fraction of sp³-hybridized carbons (Fsp3) is 0.333. The molecule has 1 atom stereocenters. The van der Waals surface area contributed by atoms with Crippen LogP contribution >= 0.6 is 0 Å². The number of nitrogens with one attached hydrogen (secondary N) is 1. The highest BCUT2D eigenvalue weighted by molar-refractivity contribution is 5.92. The molecule has 0 spiro atoms. The normalized spacial score (nSPS) is 14.8. The van der Waals surface area contributed by atoms with Gasteiger partial charge in [-0.05, 0) is 56.2 Å². The molecule has 1 amide bonds. The summed E-state index contributed by atoms with van der Waals surface area (Å²) in [5.74, 6) is 1.06. The smallest absolute Gasteiger partial charge is 0.337 e. The van der Waals surface area contributed by atoms with E-state index in [2.05, 4.69) is 10.1 Å². The van der Waals surface area contributed by atoms with Crippen LogP contribution in [0.25, 0.3) is 6.08 Å². The maximum atomic E-state index is 12.2. The minimum Gasteiger partial charge on any atom is -0.493 e. The van der Waals surface area contributed by atoms with Crippen molar-refractivity contribution in [2.75, 3.05) is 20.3 Å². The van der Waals surface area contributed by atoms with Crippen molar-refractivity contribution in [3.63, 3.8) is 0 Å². The molecule has 1 N–H and O–H groups in total. The zero-order valence-corrected chi connectivity index (χ0v) is 17.6. The summed E-state index contributed by atoms with van der Waals surface area (Å²) in [4.78, 5) is 23.7. The summed E-state index contributed by atoms with van der Waals surface area (Å²) in [5.41, 5.74) is 3.48. The molecule has 158 valence electrons. The lowest BCUT2D eigenvalue weighted by atomic mass is 10.1. The van der Waals surface area contributed by atoms with Crippen molar-refractivity contribution >= 4 is 18.0 Å². The van der Waals surface area contributed by atoms with Crippen LogP contribution in [0.15, 0.2) is 42.5 Å². The lowest BCUT2D eigenvalue weighted by Gasteiger charge is -2.10. The van der Waals surface area contributed by atoms with E-state index in [9.17, 15) is 9.59 Å². The number of ether oxygens (including phenoxy) is 3. The van der Waals surface area contributed by atoms with Gasteiger partial charge in [0.15, 0.2) is 0 Å². The van der Waals surface area contributed by atoms with Crippen LogP contribution in [-0.2, 0) is 22.4 Å². The topological polar surface area (TPSA) is 73.9 Å². The van der Waals surface area contributed by atoms with E-state index in [0.717, 1.165) is 34.6 Å². The van der Waals surface area contributed by atoms with Crippen molar-refractivity contribution in [2.24, 2.45) is 0 Å².